The minimum absolute atomic E-state index is 0. The highest BCUT2D eigenvalue weighted by Gasteiger charge is 2.02. The Balaban J connectivity index is 0.000000265. The Hall–Kier alpha value is -6.16. The SMILES string of the molecule is C.C=Cc1ccc(C)cc1.Cc1ccc(/C=C/C(=O)c2ccc(C)cc2)cc1.Cc1ccc(/C=C/C(O)c2ccc(C)cc2)cc1.Cc1ccc(C=O)cc1. The molecule has 0 heterocycles. The third-order valence-electron chi connectivity index (χ3n) is 8.33. The first kappa shape index (κ1) is 45.0. The Morgan fingerprint density at radius 2 is 0.818 bits per heavy atom. The third-order valence-corrected chi connectivity index (χ3v) is 8.33. The Labute approximate surface area is 330 Å². The second kappa shape index (κ2) is 24.2. The van der Waals surface area contributed by atoms with Gasteiger partial charge in [0, 0.05) is 11.1 Å². The summed E-state index contributed by atoms with van der Waals surface area (Å²) in [5.74, 6) is 0.0376. The van der Waals surface area contributed by atoms with Gasteiger partial charge >= 0.3 is 0 Å². The van der Waals surface area contributed by atoms with Gasteiger partial charge in [-0.2, -0.15) is 0 Å². The van der Waals surface area contributed by atoms with Gasteiger partial charge in [0.15, 0.2) is 5.78 Å². The van der Waals surface area contributed by atoms with Gasteiger partial charge in [-0.15, -0.1) is 0 Å². The van der Waals surface area contributed by atoms with E-state index in [4.69, 9.17) is 0 Å². The molecule has 3 nitrogen and oxygen atoms in total. The number of rotatable bonds is 8. The number of benzene rings is 6. The molecule has 0 saturated heterocycles. The average molecular weight is 729 g/mol. The number of carbonyl (C=O) groups excluding carboxylic acids is 2. The fourth-order valence-electron chi connectivity index (χ4n) is 4.77. The quantitative estimate of drug-likeness (QED) is 0.0964. The summed E-state index contributed by atoms with van der Waals surface area (Å²) in [4.78, 5) is 22.0. The predicted molar refractivity (Wildman–Crippen MR) is 237 cm³/mol. The number of aldehydes is 1. The number of aliphatic hydroxyl groups is 1. The zero-order chi connectivity index (χ0) is 39.3. The molecular formula is C52H56O3. The number of hydrogen-bond acceptors (Lipinski definition) is 3. The molecule has 6 aromatic carbocycles. The maximum absolute atomic E-state index is 11.9. The van der Waals surface area contributed by atoms with E-state index in [0.29, 0.717) is 0 Å². The Morgan fingerprint density at radius 1 is 0.491 bits per heavy atom. The average Bonchev–Trinajstić information content (AvgIpc) is 3.19. The van der Waals surface area contributed by atoms with E-state index in [0.717, 1.165) is 39.7 Å². The molecule has 55 heavy (non-hydrogen) atoms. The van der Waals surface area contributed by atoms with Crippen LogP contribution in [0.25, 0.3) is 18.2 Å². The summed E-state index contributed by atoms with van der Waals surface area (Å²) in [7, 11) is 0. The van der Waals surface area contributed by atoms with Crippen LogP contribution in [0.4, 0.5) is 0 Å². The lowest BCUT2D eigenvalue weighted by Crippen LogP contribution is -1.93. The molecule has 0 aliphatic rings. The zero-order valence-electron chi connectivity index (χ0n) is 32.4. The van der Waals surface area contributed by atoms with E-state index in [1.165, 1.54) is 33.4 Å². The zero-order valence-corrected chi connectivity index (χ0v) is 32.4. The minimum atomic E-state index is -0.549. The second-order valence-electron chi connectivity index (χ2n) is 13.2. The standard InChI is InChI=1S/C17H18O.C17H16O.C9H10.C8H8O.CH4/c2*1-13-3-7-15(8-4-13)9-12-17(18)16-10-5-14(2)6-11-16;1-3-9-6-4-8(2)5-7-9;1-7-2-4-8(6-9)5-3-7;/h3-12,17-18H,1-2H3;3-12H,1-2H3;3-7H,1H2,2H3;2-6H,1H3;1H4/b2*12-9+;;;. The molecule has 0 saturated carbocycles. The van der Waals surface area contributed by atoms with E-state index in [9.17, 15) is 14.7 Å². The minimum Gasteiger partial charge on any atom is -0.384 e. The lowest BCUT2D eigenvalue weighted by atomic mass is 10.1. The first-order valence-electron chi connectivity index (χ1n) is 18.0. The summed E-state index contributed by atoms with van der Waals surface area (Å²) in [6.45, 7) is 15.9. The molecule has 0 spiro atoms. The van der Waals surface area contributed by atoms with Crippen LogP contribution in [0.15, 0.2) is 164 Å². The van der Waals surface area contributed by atoms with Crippen LogP contribution < -0.4 is 0 Å². The number of hydrogen-bond donors (Lipinski definition) is 1. The van der Waals surface area contributed by atoms with E-state index in [2.05, 4.69) is 56.8 Å². The Bertz CT molecular complexity index is 2020. The van der Waals surface area contributed by atoms with Gasteiger partial charge in [-0.3, -0.25) is 9.59 Å². The number of carbonyl (C=O) groups is 2. The van der Waals surface area contributed by atoms with Gasteiger partial charge in [0.25, 0.3) is 0 Å². The highest BCUT2D eigenvalue weighted by molar-refractivity contribution is 6.06. The normalized spacial score (nSPS) is 10.7. The molecule has 0 aliphatic carbocycles. The molecule has 0 fully saturated rings. The van der Waals surface area contributed by atoms with Crippen molar-refractivity contribution in [3.05, 3.63) is 231 Å². The maximum Gasteiger partial charge on any atom is 0.185 e. The van der Waals surface area contributed by atoms with E-state index in [1.807, 2.05) is 161 Å². The molecule has 0 amide bonds. The summed E-state index contributed by atoms with van der Waals surface area (Å²) in [5, 5.41) is 10.0. The molecule has 0 aliphatic heterocycles. The highest BCUT2D eigenvalue weighted by Crippen LogP contribution is 2.17. The molecular weight excluding hydrogens is 673 g/mol. The van der Waals surface area contributed by atoms with Gasteiger partial charge in [0.1, 0.15) is 6.29 Å². The largest absolute Gasteiger partial charge is 0.384 e. The first-order valence-corrected chi connectivity index (χ1v) is 18.0. The van der Waals surface area contributed by atoms with Crippen LogP contribution in [0.5, 0.6) is 0 Å². The van der Waals surface area contributed by atoms with Crippen LogP contribution in [0.2, 0.25) is 0 Å². The van der Waals surface area contributed by atoms with Gasteiger partial charge in [-0.25, -0.2) is 0 Å². The monoisotopic (exact) mass is 728 g/mol. The topological polar surface area (TPSA) is 54.4 Å². The predicted octanol–water partition coefficient (Wildman–Crippen LogP) is 13.3. The van der Waals surface area contributed by atoms with Crippen molar-refractivity contribution in [2.45, 2.75) is 55.1 Å². The van der Waals surface area contributed by atoms with Crippen molar-refractivity contribution in [3.63, 3.8) is 0 Å². The van der Waals surface area contributed by atoms with Gasteiger partial charge in [-0.05, 0) is 69.9 Å². The third kappa shape index (κ3) is 17.5. The number of aryl methyl sites for hydroxylation is 6. The second-order valence-corrected chi connectivity index (χ2v) is 13.2. The highest BCUT2D eigenvalue weighted by atomic mass is 16.3. The van der Waals surface area contributed by atoms with Crippen molar-refractivity contribution in [2.24, 2.45) is 0 Å². The summed E-state index contributed by atoms with van der Waals surface area (Å²) in [6.07, 6.45) is 9.38. The van der Waals surface area contributed by atoms with Crippen molar-refractivity contribution < 1.29 is 14.7 Å². The van der Waals surface area contributed by atoms with Gasteiger partial charge < -0.3 is 5.11 Å². The fraction of sp³-hybridized carbons (Fsp3) is 0.154. The van der Waals surface area contributed by atoms with E-state index in [1.54, 1.807) is 6.08 Å². The molecule has 0 bridgehead atoms. The van der Waals surface area contributed by atoms with Crippen LogP contribution in [0.3, 0.4) is 0 Å². The molecule has 6 aromatic rings. The summed E-state index contributed by atoms with van der Waals surface area (Å²) in [6, 6.07) is 47.6. The van der Waals surface area contributed by atoms with Gasteiger partial charge in [0.2, 0.25) is 0 Å². The van der Waals surface area contributed by atoms with Crippen LogP contribution in [-0.2, 0) is 0 Å². The molecule has 1 atom stereocenters. The molecule has 282 valence electrons. The van der Waals surface area contributed by atoms with Crippen LogP contribution in [0.1, 0.15) is 89.9 Å². The maximum atomic E-state index is 11.9. The summed E-state index contributed by atoms with van der Waals surface area (Å²) >= 11 is 0. The number of aliphatic hydroxyl groups excluding tert-OH is 1. The van der Waals surface area contributed by atoms with E-state index >= 15 is 0 Å². The summed E-state index contributed by atoms with van der Waals surface area (Å²) < 4.78 is 0. The molecule has 0 radical (unpaired) electrons. The first-order chi connectivity index (χ1) is 25.9. The smallest absolute Gasteiger partial charge is 0.185 e. The molecule has 1 N–H and O–H groups in total. The van der Waals surface area contributed by atoms with Crippen molar-refractivity contribution >= 4 is 30.3 Å². The molecule has 6 rings (SSSR count). The van der Waals surface area contributed by atoms with Crippen LogP contribution in [-0.4, -0.2) is 17.2 Å². The number of allylic oxidation sites excluding steroid dienone is 1. The Kier molecular flexibility index (Phi) is 19.8. The molecule has 3 heteroatoms. The van der Waals surface area contributed by atoms with E-state index in [-0.39, 0.29) is 13.2 Å². The molecule has 0 aromatic heterocycles. The van der Waals surface area contributed by atoms with Gasteiger partial charge in [-0.1, -0.05) is 217 Å². The van der Waals surface area contributed by atoms with Gasteiger partial charge in [0.05, 0.1) is 6.10 Å². The van der Waals surface area contributed by atoms with Crippen LogP contribution in [0, 0.1) is 41.5 Å². The van der Waals surface area contributed by atoms with Crippen molar-refractivity contribution in [3.8, 4) is 0 Å². The Morgan fingerprint density at radius 3 is 1.20 bits per heavy atom. The fourth-order valence-corrected chi connectivity index (χ4v) is 4.77. The lowest BCUT2D eigenvalue weighted by Gasteiger charge is -2.06. The molecule has 1 unspecified atom stereocenters. The van der Waals surface area contributed by atoms with Crippen molar-refractivity contribution in [1.29, 1.82) is 0 Å². The summed E-state index contributed by atoms with van der Waals surface area (Å²) in [5.41, 5.74) is 13.0. The number of ketones is 1. The van der Waals surface area contributed by atoms with Crippen LogP contribution >= 0.6 is 0 Å². The lowest BCUT2D eigenvalue weighted by molar-refractivity contribution is 0.104. The van der Waals surface area contributed by atoms with Crippen molar-refractivity contribution in [2.75, 3.05) is 0 Å². The van der Waals surface area contributed by atoms with E-state index < -0.39 is 6.10 Å². The van der Waals surface area contributed by atoms with Crippen molar-refractivity contribution in [1.82, 2.24) is 0 Å².